The van der Waals surface area contributed by atoms with Crippen molar-refractivity contribution in [2.75, 3.05) is 0 Å². The zero-order chi connectivity index (χ0) is 16.9. The number of nitrogens with zero attached hydrogens (tertiary/aromatic N) is 3. The monoisotopic (exact) mass is 318 g/mol. The predicted octanol–water partition coefficient (Wildman–Crippen LogP) is 3.09. The third-order valence-corrected chi connectivity index (χ3v) is 3.64. The number of amides is 1. The van der Waals surface area contributed by atoms with E-state index in [9.17, 15) is 4.79 Å². The number of pyridine rings is 1. The minimum absolute atomic E-state index is 0.181. The summed E-state index contributed by atoms with van der Waals surface area (Å²) in [7, 11) is 0. The number of aromatic nitrogens is 3. The maximum Gasteiger partial charge on any atom is 0.253 e. The Labute approximate surface area is 140 Å². The molecule has 1 aromatic carbocycles. The van der Waals surface area contributed by atoms with Crippen molar-refractivity contribution in [2.24, 2.45) is 0 Å². The van der Waals surface area contributed by atoms with Crippen molar-refractivity contribution in [1.29, 1.82) is 0 Å². The zero-order valence-corrected chi connectivity index (χ0v) is 13.7. The Balaban J connectivity index is 1.73. The summed E-state index contributed by atoms with van der Waals surface area (Å²) in [6.07, 6.45) is 3.33. The zero-order valence-electron chi connectivity index (χ0n) is 13.7. The summed E-state index contributed by atoms with van der Waals surface area (Å²) in [6, 6.07) is 13.7. The van der Waals surface area contributed by atoms with Crippen LogP contribution in [0.4, 0.5) is 0 Å². The molecule has 0 radical (unpaired) electrons. The van der Waals surface area contributed by atoms with E-state index >= 15 is 0 Å². The van der Waals surface area contributed by atoms with Gasteiger partial charge in [0.25, 0.3) is 5.91 Å². The van der Waals surface area contributed by atoms with E-state index in [2.05, 4.69) is 26.6 Å². The van der Waals surface area contributed by atoms with E-state index in [4.69, 9.17) is 0 Å². The number of nitrogens with one attached hydrogen (secondary N) is 1. The second-order valence-electron chi connectivity index (χ2n) is 5.68. The molecule has 0 aliphatic heterocycles. The summed E-state index contributed by atoms with van der Waals surface area (Å²) in [5.74, 6) is -0.181. The van der Waals surface area contributed by atoms with Crippen LogP contribution in [0.15, 0.2) is 54.9 Å². The molecule has 0 saturated carbocycles. The highest BCUT2D eigenvalue weighted by Crippen LogP contribution is 2.20. The third kappa shape index (κ3) is 3.81. The number of hydrogen-bond acceptors (Lipinski definition) is 4. The molecule has 0 unspecified atom stereocenters. The number of carbonyl (C=O) groups is 1. The minimum atomic E-state index is -0.181. The number of benzene rings is 1. The van der Waals surface area contributed by atoms with E-state index in [1.54, 1.807) is 12.4 Å². The Kier molecular flexibility index (Phi) is 4.61. The first-order chi connectivity index (χ1) is 11.6. The van der Waals surface area contributed by atoms with Crippen LogP contribution in [-0.4, -0.2) is 21.1 Å². The first kappa shape index (κ1) is 15.8. The maximum absolute atomic E-state index is 12.3. The van der Waals surface area contributed by atoms with Gasteiger partial charge in [-0.25, -0.2) is 0 Å². The molecule has 1 N–H and O–H groups in total. The van der Waals surface area contributed by atoms with Crippen molar-refractivity contribution in [3.05, 3.63) is 77.4 Å². The topological polar surface area (TPSA) is 67.8 Å². The van der Waals surface area contributed by atoms with Crippen molar-refractivity contribution >= 4 is 5.91 Å². The van der Waals surface area contributed by atoms with Crippen LogP contribution < -0.4 is 5.32 Å². The third-order valence-electron chi connectivity index (χ3n) is 3.64. The van der Waals surface area contributed by atoms with Crippen molar-refractivity contribution < 1.29 is 4.79 Å². The molecule has 0 aliphatic carbocycles. The fourth-order valence-corrected chi connectivity index (χ4v) is 2.34. The average molecular weight is 318 g/mol. The molecule has 2 heterocycles. The lowest BCUT2D eigenvalue weighted by atomic mass is 10.0. The molecule has 0 aliphatic rings. The van der Waals surface area contributed by atoms with Crippen molar-refractivity contribution in [3.63, 3.8) is 0 Å². The molecule has 0 atom stereocenters. The molecular formula is C19H18N4O. The molecule has 3 rings (SSSR count). The van der Waals surface area contributed by atoms with Gasteiger partial charge in [-0.15, -0.1) is 0 Å². The average Bonchev–Trinajstić information content (AvgIpc) is 2.61. The molecule has 0 saturated heterocycles. The quantitative estimate of drug-likeness (QED) is 0.802. The highest BCUT2D eigenvalue weighted by Gasteiger charge is 2.08. The van der Waals surface area contributed by atoms with Crippen LogP contribution >= 0.6 is 0 Å². The highest BCUT2D eigenvalue weighted by molar-refractivity contribution is 5.95. The molecule has 0 spiro atoms. The second kappa shape index (κ2) is 7.00. The smallest absolute Gasteiger partial charge is 0.253 e. The molecule has 5 nitrogen and oxygen atoms in total. The Morgan fingerprint density at radius 1 is 1.00 bits per heavy atom. The molecule has 3 aromatic rings. The fraction of sp³-hybridized carbons (Fsp3) is 0.158. The van der Waals surface area contributed by atoms with E-state index in [1.807, 2.05) is 50.2 Å². The standard InChI is InChI=1S/C19H18N4O/c1-13-4-3-5-15(8-13)16-9-17(11-20-10-16)19(24)21-12-18-7-6-14(2)22-23-18/h3-11H,12H2,1-2H3,(H,21,24). The van der Waals surface area contributed by atoms with Crippen molar-refractivity contribution in [1.82, 2.24) is 20.5 Å². The van der Waals surface area contributed by atoms with Gasteiger partial charge in [-0.05, 0) is 37.6 Å². The van der Waals surface area contributed by atoms with Gasteiger partial charge in [0, 0.05) is 18.0 Å². The number of rotatable bonds is 4. The van der Waals surface area contributed by atoms with Crippen LogP contribution in [-0.2, 0) is 6.54 Å². The molecule has 2 aromatic heterocycles. The summed E-state index contributed by atoms with van der Waals surface area (Å²) in [5, 5.41) is 10.9. The molecule has 5 heteroatoms. The van der Waals surface area contributed by atoms with Gasteiger partial charge in [0.15, 0.2) is 0 Å². The highest BCUT2D eigenvalue weighted by atomic mass is 16.1. The molecule has 120 valence electrons. The summed E-state index contributed by atoms with van der Waals surface area (Å²) in [5.41, 5.74) is 5.22. The fourth-order valence-electron chi connectivity index (χ4n) is 2.34. The first-order valence-electron chi connectivity index (χ1n) is 7.71. The van der Waals surface area contributed by atoms with Crippen molar-refractivity contribution in [2.45, 2.75) is 20.4 Å². The molecule has 1 amide bonds. The van der Waals surface area contributed by atoms with Crippen molar-refractivity contribution in [3.8, 4) is 11.1 Å². The van der Waals surface area contributed by atoms with E-state index in [0.29, 0.717) is 12.1 Å². The van der Waals surface area contributed by atoms with Gasteiger partial charge in [-0.1, -0.05) is 29.8 Å². The Bertz CT molecular complexity index is 859. The minimum Gasteiger partial charge on any atom is -0.346 e. The van der Waals surface area contributed by atoms with Crippen LogP contribution in [0.3, 0.4) is 0 Å². The summed E-state index contributed by atoms with van der Waals surface area (Å²) < 4.78 is 0. The van der Waals surface area contributed by atoms with Gasteiger partial charge >= 0.3 is 0 Å². The lowest BCUT2D eigenvalue weighted by Gasteiger charge is -2.07. The maximum atomic E-state index is 12.3. The largest absolute Gasteiger partial charge is 0.346 e. The lowest BCUT2D eigenvalue weighted by molar-refractivity contribution is 0.0950. The van der Waals surface area contributed by atoms with Gasteiger partial charge in [-0.3, -0.25) is 9.78 Å². The first-order valence-corrected chi connectivity index (χ1v) is 7.71. The number of aryl methyl sites for hydroxylation is 2. The molecule has 0 bridgehead atoms. The second-order valence-corrected chi connectivity index (χ2v) is 5.68. The van der Waals surface area contributed by atoms with Gasteiger partial charge < -0.3 is 5.32 Å². The summed E-state index contributed by atoms with van der Waals surface area (Å²) >= 11 is 0. The van der Waals surface area contributed by atoms with Crippen LogP contribution in [0.2, 0.25) is 0 Å². The normalized spacial score (nSPS) is 10.4. The van der Waals surface area contributed by atoms with E-state index < -0.39 is 0 Å². The van der Waals surface area contributed by atoms with E-state index in [1.165, 1.54) is 5.56 Å². The molecule has 24 heavy (non-hydrogen) atoms. The van der Waals surface area contributed by atoms with Crippen LogP contribution in [0, 0.1) is 13.8 Å². The number of carbonyl (C=O) groups excluding carboxylic acids is 1. The predicted molar refractivity (Wildman–Crippen MR) is 92.3 cm³/mol. The van der Waals surface area contributed by atoms with Gasteiger partial charge in [0.1, 0.15) is 0 Å². The van der Waals surface area contributed by atoms with Gasteiger partial charge in [0.05, 0.1) is 23.5 Å². The Hall–Kier alpha value is -3.08. The van der Waals surface area contributed by atoms with Crippen LogP contribution in [0.1, 0.15) is 27.3 Å². The Morgan fingerprint density at radius 2 is 1.88 bits per heavy atom. The SMILES string of the molecule is Cc1cccc(-c2cncc(C(=O)NCc3ccc(C)nn3)c2)c1. The Morgan fingerprint density at radius 3 is 2.62 bits per heavy atom. The summed E-state index contributed by atoms with van der Waals surface area (Å²) in [6.45, 7) is 4.24. The van der Waals surface area contributed by atoms with E-state index in [-0.39, 0.29) is 5.91 Å². The van der Waals surface area contributed by atoms with Gasteiger partial charge in [0.2, 0.25) is 0 Å². The molecular weight excluding hydrogens is 300 g/mol. The van der Waals surface area contributed by atoms with Crippen LogP contribution in [0.5, 0.6) is 0 Å². The van der Waals surface area contributed by atoms with E-state index in [0.717, 1.165) is 22.5 Å². The summed E-state index contributed by atoms with van der Waals surface area (Å²) in [4.78, 5) is 16.5. The van der Waals surface area contributed by atoms with Crippen LogP contribution in [0.25, 0.3) is 11.1 Å². The van der Waals surface area contributed by atoms with Gasteiger partial charge in [-0.2, -0.15) is 10.2 Å². The number of hydrogen-bond donors (Lipinski definition) is 1. The lowest BCUT2D eigenvalue weighted by Crippen LogP contribution is -2.23. The molecule has 0 fully saturated rings.